The van der Waals surface area contributed by atoms with Crippen molar-refractivity contribution >= 4 is 29.0 Å². The lowest BCUT2D eigenvalue weighted by Gasteiger charge is -2.14. The van der Waals surface area contributed by atoms with Gasteiger partial charge in [-0.2, -0.15) is 0 Å². The number of aryl methyl sites for hydroxylation is 1. The van der Waals surface area contributed by atoms with Gasteiger partial charge < -0.3 is 4.74 Å². The maximum atomic E-state index is 12.6. The molecule has 2 aromatic rings. The number of imide groups is 1. The minimum Gasteiger partial charge on any atom is -0.497 e. The topological polar surface area (TPSA) is 46.6 Å². The van der Waals surface area contributed by atoms with E-state index < -0.39 is 0 Å². The second-order valence-corrected chi connectivity index (χ2v) is 6.46. The first-order chi connectivity index (χ1) is 11.6. The van der Waals surface area contributed by atoms with Crippen molar-refractivity contribution in [2.75, 3.05) is 7.11 Å². The van der Waals surface area contributed by atoms with Crippen LogP contribution < -0.4 is 4.74 Å². The molecule has 0 N–H and O–H groups in total. The van der Waals surface area contributed by atoms with E-state index in [-0.39, 0.29) is 11.1 Å². The summed E-state index contributed by atoms with van der Waals surface area (Å²) in [6, 6.07) is 15.1. The lowest BCUT2D eigenvalue weighted by Crippen LogP contribution is -2.27. The predicted molar refractivity (Wildman–Crippen MR) is 95.7 cm³/mol. The number of amides is 2. The van der Waals surface area contributed by atoms with Crippen LogP contribution in [-0.2, 0) is 11.3 Å². The van der Waals surface area contributed by atoms with Gasteiger partial charge in [0.15, 0.2) is 0 Å². The highest BCUT2D eigenvalue weighted by atomic mass is 32.2. The quantitative estimate of drug-likeness (QED) is 0.782. The van der Waals surface area contributed by atoms with Crippen LogP contribution in [0.5, 0.6) is 5.75 Å². The summed E-state index contributed by atoms with van der Waals surface area (Å²) in [6.45, 7) is 2.28. The molecule has 0 radical (unpaired) electrons. The molecule has 2 amide bonds. The molecular formula is C19H17NO3S. The molecule has 1 heterocycles. The highest BCUT2D eigenvalue weighted by molar-refractivity contribution is 8.18. The Bertz CT molecular complexity index is 812. The summed E-state index contributed by atoms with van der Waals surface area (Å²) in [5.41, 5.74) is 2.90. The molecule has 2 aromatic carbocycles. The van der Waals surface area contributed by atoms with Gasteiger partial charge in [-0.25, -0.2) is 0 Å². The Hall–Kier alpha value is -2.53. The van der Waals surface area contributed by atoms with Gasteiger partial charge in [-0.1, -0.05) is 36.4 Å². The van der Waals surface area contributed by atoms with Crippen LogP contribution in [0.4, 0.5) is 4.79 Å². The van der Waals surface area contributed by atoms with Crippen molar-refractivity contribution in [3.8, 4) is 5.75 Å². The molecule has 0 aliphatic carbocycles. The lowest BCUT2D eigenvalue weighted by molar-refractivity contribution is -0.123. The summed E-state index contributed by atoms with van der Waals surface area (Å²) in [5, 5.41) is -0.233. The van der Waals surface area contributed by atoms with E-state index in [1.165, 1.54) is 4.90 Å². The third-order valence-corrected chi connectivity index (χ3v) is 4.78. The van der Waals surface area contributed by atoms with Crippen molar-refractivity contribution in [2.24, 2.45) is 0 Å². The van der Waals surface area contributed by atoms with E-state index in [1.54, 1.807) is 13.2 Å². The van der Waals surface area contributed by atoms with Crippen molar-refractivity contribution in [1.29, 1.82) is 0 Å². The van der Waals surface area contributed by atoms with Crippen LogP contribution in [0.3, 0.4) is 0 Å². The van der Waals surface area contributed by atoms with Crippen molar-refractivity contribution in [1.82, 2.24) is 4.90 Å². The van der Waals surface area contributed by atoms with E-state index >= 15 is 0 Å². The van der Waals surface area contributed by atoms with Gasteiger partial charge in [-0.05, 0) is 53.6 Å². The molecule has 5 heteroatoms. The molecule has 1 aliphatic rings. The van der Waals surface area contributed by atoms with Gasteiger partial charge in [-0.15, -0.1) is 0 Å². The molecule has 1 saturated heterocycles. The Morgan fingerprint density at radius 2 is 1.79 bits per heavy atom. The van der Waals surface area contributed by atoms with E-state index in [9.17, 15) is 9.59 Å². The van der Waals surface area contributed by atoms with Crippen molar-refractivity contribution in [3.63, 3.8) is 0 Å². The second-order valence-electron chi connectivity index (χ2n) is 5.47. The average Bonchev–Trinajstić information content (AvgIpc) is 2.85. The zero-order chi connectivity index (χ0) is 17.1. The van der Waals surface area contributed by atoms with Gasteiger partial charge >= 0.3 is 0 Å². The average molecular weight is 339 g/mol. The van der Waals surface area contributed by atoms with E-state index in [0.29, 0.717) is 11.4 Å². The molecule has 24 heavy (non-hydrogen) atoms. The number of carbonyl (C=O) groups excluding carboxylic acids is 2. The summed E-state index contributed by atoms with van der Waals surface area (Å²) in [5.74, 6) is 0.504. The van der Waals surface area contributed by atoms with E-state index in [0.717, 1.165) is 34.2 Å². The van der Waals surface area contributed by atoms with Crippen LogP contribution in [0.25, 0.3) is 6.08 Å². The van der Waals surface area contributed by atoms with Crippen LogP contribution in [0.2, 0.25) is 0 Å². The normalized spacial score (nSPS) is 16.1. The van der Waals surface area contributed by atoms with Crippen molar-refractivity contribution < 1.29 is 14.3 Å². The second kappa shape index (κ2) is 6.93. The molecule has 0 atom stereocenters. The maximum absolute atomic E-state index is 12.6. The molecule has 0 unspecified atom stereocenters. The smallest absolute Gasteiger partial charge is 0.293 e. The third-order valence-electron chi connectivity index (χ3n) is 3.88. The summed E-state index contributed by atoms with van der Waals surface area (Å²) in [7, 11) is 1.60. The van der Waals surface area contributed by atoms with Crippen LogP contribution in [-0.4, -0.2) is 23.2 Å². The number of ether oxygens (including phenoxy) is 1. The molecule has 0 saturated carbocycles. The van der Waals surface area contributed by atoms with Gasteiger partial charge in [0.1, 0.15) is 5.75 Å². The molecular weight excluding hydrogens is 322 g/mol. The largest absolute Gasteiger partial charge is 0.497 e. The molecule has 0 bridgehead atoms. The standard InChI is InChI=1S/C19H17NO3S/c1-13-5-3-4-6-15(13)12-20-18(21)17(24-19(20)22)11-14-7-9-16(23-2)10-8-14/h3-11H,12H2,1-2H3/b17-11-. The third kappa shape index (κ3) is 3.36. The van der Waals surface area contributed by atoms with Crippen LogP contribution in [0.1, 0.15) is 16.7 Å². The van der Waals surface area contributed by atoms with Crippen LogP contribution >= 0.6 is 11.8 Å². The Morgan fingerprint density at radius 3 is 2.46 bits per heavy atom. The van der Waals surface area contributed by atoms with E-state index in [4.69, 9.17) is 4.74 Å². The summed E-state index contributed by atoms with van der Waals surface area (Å²) < 4.78 is 5.12. The number of carbonyl (C=O) groups is 2. The zero-order valence-electron chi connectivity index (χ0n) is 13.5. The number of methoxy groups -OCH3 is 1. The molecule has 4 nitrogen and oxygen atoms in total. The Morgan fingerprint density at radius 1 is 1.08 bits per heavy atom. The van der Waals surface area contributed by atoms with Gasteiger partial charge in [0.2, 0.25) is 0 Å². The maximum Gasteiger partial charge on any atom is 0.293 e. The molecule has 1 fully saturated rings. The number of hydrogen-bond acceptors (Lipinski definition) is 4. The highest BCUT2D eigenvalue weighted by Crippen LogP contribution is 2.33. The molecule has 3 rings (SSSR count). The van der Waals surface area contributed by atoms with Crippen LogP contribution in [0.15, 0.2) is 53.4 Å². The van der Waals surface area contributed by atoms with Crippen molar-refractivity contribution in [2.45, 2.75) is 13.5 Å². The fourth-order valence-corrected chi connectivity index (χ4v) is 3.28. The number of nitrogens with zero attached hydrogens (tertiary/aromatic N) is 1. The summed E-state index contributed by atoms with van der Waals surface area (Å²) in [4.78, 5) is 26.5. The molecule has 122 valence electrons. The van der Waals surface area contributed by atoms with Gasteiger partial charge in [-0.3, -0.25) is 14.5 Å². The summed E-state index contributed by atoms with van der Waals surface area (Å²) >= 11 is 0.979. The van der Waals surface area contributed by atoms with E-state index in [1.807, 2.05) is 55.5 Å². The molecule has 1 aliphatic heterocycles. The molecule has 0 aromatic heterocycles. The number of rotatable bonds is 4. The minimum absolute atomic E-state index is 0.233. The lowest BCUT2D eigenvalue weighted by atomic mass is 10.1. The zero-order valence-corrected chi connectivity index (χ0v) is 14.3. The minimum atomic E-state index is -0.246. The fraction of sp³-hybridized carbons (Fsp3) is 0.158. The Kier molecular flexibility index (Phi) is 4.71. The first kappa shape index (κ1) is 16.3. The monoisotopic (exact) mass is 339 g/mol. The van der Waals surface area contributed by atoms with Gasteiger partial charge in [0, 0.05) is 0 Å². The van der Waals surface area contributed by atoms with Gasteiger partial charge in [0.05, 0.1) is 18.6 Å². The Labute approximate surface area is 145 Å². The number of thioether (sulfide) groups is 1. The fourth-order valence-electron chi connectivity index (χ4n) is 2.45. The Balaban J connectivity index is 1.80. The number of benzene rings is 2. The van der Waals surface area contributed by atoms with Crippen LogP contribution in [0, 0.1) is 6.92 Å². The summed E-state index contributed by atoms with van der Waals surface area (Å²) in [6.07, 6.45) is 1.74. The van der Waals surface area contributed by atoms with E-state index in [2.05, 4.69) is 0 Å². The predicted octanol–water partition coefficient (Wildman–Crippen LogP) is 4.24. The molecule has 0 spiro atoms. The van der Waals surface area contributed by atoms with Gasteiger partial charge in [0.25, 0.3) is 11.1 Å². The van der Waals surface area contributed by atoms with Crippen molar-refractivity contribution in [3.05, 3.63) is 70.1 Å². The first-order valence-corrected chi connectivity index (χ1v) is 8.34. The SMILES string of the molecule is COc1ccc(/C=C2\SC(=O)N(Cc3ccccc3C)C2=O)cc1. The number of hydrogen-bond donors (Lipinski definition) is 0. The first-order valence-electron chi connectivity index (χ1n) is 7.52. The highest BCUT2D eigenvalue weighted by Gasteiger charge is 2.35.